The zero-order valence-corrected chi connectivity index (χ0v) is 12.9. The van der Waals surface area contributed by atoms with Crippen LogP contribution < -0.4 is 4.74 Å². The number of hydrogen-bond acceptors (Lipinski definition) is 5. The van der Waals surface area contributed by atoms with Gasteiger partial charge in [-0.25, -0.2) is 4.79 Å². The second kappa shape index (κ2) is 5.97. The number of urea groups is 1. The van der Waals surface area contributed by atoms with Crippen LogP contribution in [-0.2, 0) is 9.59 Å². The zero-order valence-electron chi connectivity index (χ0n) is 12.9. The monoisotopic (exact) mass is 303 g/mol. The summed E-state index contributed by atoms with van der Waals surface area (Å²) in [5.41, 5.74) is 0.937. The summed E-state index contributed by atoms with van der Waals surface area (Å²) in [6.45, 7) is 1.60. The first-order valence-electron chi connectivity index (χ1n) is 6.65. The van der Waals surface area contributed by atoms with Crippen LogP contribution in [0.1, 0.15) is 6.92 Å². The van der Waals surface area contributed by atoms with Gasteiger partial charge in [0.25, 0.3) is 0 Å². The van der Waals surface area contributed by atoms with Crippen molar-refractivity contribution in [1.29, 1.82) is 0 Å². The number of imide groups is 2. The Labute approximate surface area is 128 Å². The number of carbonyl (C=O) groups is 3. The molecule has 116 valence electrons. The van der Waals surface area contributed by atoms with Gasteiger partial charge in [-0.3, -0.25) is 24.4 Å². The number of rotatable bonds is 3. The number of methoxy groups -OCH3 is 1. The fraction of sp³-hybridized carbons (Fsp3) is 0.333. The van der Waals surface area contributed by atoms with Gasteiger partial charge in [0.05, 0.1) is 12.8 Å². The van der Waals surface area contributed by atoms with Crippen LogP contribution >= 0.6 is 0 Å². The minimum Gasteiger partial charge on any atom is -0.497 e. The van der Waals surface area contributed by atoms with E-state index in [-0.39, 0.29) is 0 Å². The van der Waals surface area contributed by atoms with E-state index in [2.05, 4.69) is 4.99 Å². The molecule has 0 N–H and O–H groups in total. The molecule has 1 aromatic carbocycles. The smallest absolute Gasteiger partial charge is 0.332 e. The van der Waals surface area contributed by atoms with Crippen molar-refractivity contribution < 1.29 is 19.1 Å². The van der Waals surface area contributed by atoms with E-state index in [4.69, 9.17) is 4.74 Å². The molecule has 0 atom stereocenters. The third kappa shape index (κ3) is 2.69. The van der Waals surface area contributed by atoms with E-state index >= 15 is 0 Å². The van der Waals surface area contributed by atoms with Gasteiger partial charge < -0.3 is 4.74 Å². The van der Waals surface area contributed by atoms with E-state index in [1.807, 2.05) is 0 Å². The SMILES string of the molecule is COc1ccc(N=C(C)C2C(=O)N(C)C(=O)N(C)C2=O)cc1. The van der Waals surface area contributed by atoms with Crippen LogP contribution in [0, 0.1) is 5.92 Å². The van der Waals surface area contributed by atoms with E-state index in [9.17, 15) is 14.4 Å². The molecule has 1 aliphatic heterocycles. The average molecular weight is 303 g/mol. The van der Waals surface area contributed by atoms with Gasteiger partial charge in [0, 0.05) is 19.8 Å². The lowest BCUT2D eigenvalue weighted by Gasteiger charge is -2.32. The molecule has 1 aromatic rings. The average Bonchev–Trinajstić information content (AvgIpc) is 2.52. The number of aliphatic imine (C=N–C) groups is 1. The minimum atomic E-state index is -1.07. The molecule has 0 bridgehead atoms. The summed E-state index contributed by atoms with van der Waals surface area (Å²) in [6, 6.07) is 6.28. The number of benzene rings is 1. The van der Waals surface area contributed by atoms with E-state index in [0.717, 1.165) is 9.80 Å². The van der Waals surface area contributed by atoms with Crippen LogP contribution in [0.2, 0.25) is 0 Å². The molecular weight excluding hydrogens is 286 g/mol. The molecule has 0 spiro atoms. The molecule has 0 saturated carbocycles. The summed E-state index contributed by atoms with van der Waals surface area (Å²) < 4.78 is 5.06. The van der Waals surface area contributed by atoms with Gasteiger partial charge in [-0.15, -0.1) is 0 Å². The summed E-state index contributed by atoms with van der Waals surface area (Å²) in [7, 11) is 4.26. The maximum atomic E-state index is 12.2. The maximum absolute atomic E-state index is 12.2. The van der Waals surface area contributed by atoms with Crippen molar-refractivity contribution in [2.24, 2.45) is 10.9 Å². The highest BCUT2D eigenvalue weighted by Crippen LogP contribution is 2.22. The molecule has 0 radical (unpaired) electrons. The van der Waals surface area contributed by atoms with Crippen LogP contribution in [0.25, 0.3) is 0 Å². The van der Waals surface area contributed by atoms with Crippen molar-refractivity contribution >= 4 is 29.2 Å². The van der Waals surface area contributed by atoms with Crippen molar-refractivity contribution in [1.82, 2.24) is 9.80 Å². The van der Waals surface area contributed by atoms with Gasteiger partial charge in [0.15, 0.2) is 5.92 Å². The topological polar surface area (TPSA) is 79.3 Å². The van der Waals surface area contributed by atoms with Gasteiger partial charge in [-0.2, -0.15) is 0 Å². The van der Waals surface area contributed by atoms with Crippen LogP contribution in [0.4, 0.5) is 10.5 Å². The first kappa shape index (κ1) is 15.7. The summed E-state index contributed by atoms with van der Waals surface area (Å²) in [4.78, 5) is 42.2. The maximum Gasteiger partial charge on any atom is 0.332 e. The summed E-state index contributed by atoms with van der Waals surface area (Å²) in [6.07, 6.45) is 0. The van der Waals surface area contributed by atoms with Gasteiger partial charge in [0.2, 0.25) is 11.8 Å². The third-order valence-electron chi connectivity index (χ3n) is 3.52. The molecule has 7 heteroatoms. The summed E-state index contributed by atoms with van der Waals surface area (Å²) in [5.74, 6) is -1.52. The summed E-state index contributed by atoms with van der Waals surface area (Å²) >= 11 is 0. The Balaban J connectivity index is 2.31. The third-order valence-corrected chi connectivity index (χ3v) is 3.52. The molecule has 22 heavy (non-hydrogen) atoms. The number of carbonyl (C=O) groups excluding carboxylic acids is 3. The lowest BCUT2D eigenvalue weighted by atomic mass is 9.99. The lowest BCUT2D eigenvalue weighted by molar-refractivity contribution is -0.144. The van der Waals surface area contributed by atoms with Gasteiger partial charge >= 0.3 is 6.03 Å². The second-order valence-corrected chi connectivity index (χ2v) is 4.96. The van der Waals surface area contributed by atoms with E-state index < -0.39 is 23.8 Å². The van der Waals surface area contributed by atoms with Gasteiger partial charge in [0.1, 0.15) is 5.75 Å². The molecule has 1 heterocycles. The normalized spacial score (nSPS) is 17.3. The fourth-order valence-corrected chi connectivity index (χ4v) is 2.19. The number of barbiturate groups is 1. The molecule has 1 aliphatic rings. The Bertz CT molecular complexity index is 627. The van der Waals surface area contributed by atoms with E-state index in [1.54, 1.807) is 38.3 Å². The number of nitrogens with zero attached hydrogens (tertiary/aromatic N) is 3. The zero-order chi connectivity index (χ0) is 16.4. The Morgan fingerprint density at radius 3 is 2.00 bits per heavy atom. The minimum absolute atomic E-state index is 0.339. The van der Waals surface area contributed by atoms with E-state index in [0.29, 0.717) is 17.1 Å². The lowest BCUT2D eigenvalue weighted by Crippen LogP contribution is -2.58. The van der Waals surface area contributed by atoms with Crippen LogP contribution in [0.3, 0.4) is 0 Å². The molecule has 1 saturated heterocycles. The second-order valence-electron chi connectivity index (χ2n) is 4.96. The molecule has 0 aromatic heterocycles. The number of hydrogen-bond donors (Lipinski definition) is 0. The number of amides is 4. The first-order chi connectivity index (χ1) is 10.4. The van der Waals surface area contributed by atoms with Crippen molar-refractivity contribution in [2.75, 3.05) is 21.2 Å². The Morgan fingerprint density at radius 1 is 1.05 bits per heavy atom. The van der Waals surface area contributed by atoms with Crippen molar-refractivity contribution in [3.05, 3.63) is 24.3 Å². The predicted molar refractivity (Wildman–Crippen MR) is 80.2 cm³/mol. The molecule has 0 aliphatic carbocycles. The Morgan fingerprint density at radius 2 is 1.55 bits per heavy atom. The van der Waals surface area contributed by atoms with Crippen molar-refractivity contribution in [3.8, 4) is 5.75 Å². The molecule has 0 unspecified atom stereocenters. The summed E-state index contributed by atoms with van der Waals surface area (Å²) in [5, 5.41) is 0. The van der Waals surface area contributed by atoms with Crippen LogP contribution in [-0.4, -0.2) is 54.6 Å². The van der Waals surface area contributed by atoms with Crippen LogP contribution in [0.5, 0.6) is 5.75 Å². The highest BCUT2D eigenvalue weighted by molar-refractivity contribution is 6.27. The number of ether oxygens (including phenoxy) is 1. The molecule has 2 rings (SSSR count). The quantitative estimate of drug-likeness (QED) is 0.625. The van der Waals surface area contributed by atoms with Gasteiger partial charge in [-0.1, -0.05) is 0 Å². The van der Waals surface area contributed by atoms with Crippen molar-refractivity contribution in [2.45, 2.75) is 6.92 Å². The first-order valence-corrected chi connectivity index (χ1v) is 6.65. The Hall–Kier alpha value is -2.70. The fourth-order valence-electron chi connectivity index (χ4n) is 2.19. The molecule has 1 fully saturated rings. The highest BCUT2D eigenvalue weighted by Gasteiger charge is 2.43. The standard InChI is InChI=1S/C15H17N3O4/c1-9(16-10-5-7-11(22-4)8-6-10)12-13(19)17(2)15(21)18(3)14(12)20/h5-8,12H,1-4H3. The molecule has 7 nitrogen and oxygen atoms in total. The predicted octanol–water partition coefficient (Wildman–Crippen LogP) is 1.45. The Kier molecular flexibility index (Phi) is 4.25. The largest absolute Gasteiger partial charge is 0.497 e. The highest BCUT2D eigenvalue weighted by atomic mass is 16.5. The van der Waals surface area contributed by atoms with E-state index in [1.165, 1.54) is 14.1 Å². The molecule has 4 amide bonds. The molecular formula is C15H17N3O4. The van der Waals surface area contributed by atoms with Crippen molar-refractivity contribution in [3.63, 3.8) is 0 Å². The van der Waals surface area contributed by atoms with Gasteiger partial charge in [-0.05, 0) is 31.2 Å². The van der Waals surface area contributed by atoms with Crippen LogP contribution in [0.15, 0.2) is 29.3 Å².